The standard InChI is InChI=1S/C16H18BrN3O5S/c1-3-23-12-5-10(7-18-20-16-19-14(21)9-26-16)11(17)6-13(12)25-8-15(22)24-4-2/h5-7H,3-4,8-9H2,1-2H3,(H,19,20,21). The molecule has 0 radical (unpaired) electrons. The Balaban J connectivity index is 2.13. The normalized spacial score (nSPS) is 15.3. The van der Waals surface area contributed by atoms with E-state index in [2.05, 4.69) is 31.4 Å². The molecule has 2 rings (SSSR count). The van der Waals surface area contributed by atoms with Crippen molar-refractivity contribution in [1.82, 2.24) is 5.32 Å². The van der Waals surface area contributed by atoms with Crippen LogP contribution in [0.3, 0.4) is 0 Å². The van der Waals surface area contributed by atoms with Gasteiger partial charge in [-0.05, 0) is 41.9 Å². The summed E-state index contributed by atoms with van der Waals surface area (Å²) in [7, 11) is 0. The number of rotatable bonds is 8. The van der Waals surface area contributed by atoms with Crippen molar-refractivity contribution in [1.29, 1.82) is 0 Å². The number of benzene rings is 1. The second-order valence-corrected chi connectivity index (χ2v) is 6.65. The Hall–Kier alpha value is -2.07. The van der Waals surface area contributed by atoms with E-state index in [1.807, 2.05) is 6.92 Å². The fourth-order valence-corrected chi connectivity index (χ4v) is 2.95. The van der Waals surface area contributed by atoms with Crippen LogP contribution in [0.15, 0.2) is 26.8 Å². The highest BCUT2D eigenvalue weighted by atomic mass is 79.9. The highest BCUT2D eigenvalue weighted by Crippen LogP contribution is 2.33. The summed E-state index contributed by atoms with van der Waals surface area (Å²) < 4.78 is 16.6. The maximum Gasteiger partial charge on any atom is 0.344 e. The Bertz CT molecular complexity index is 739. The summed E-state index contributed by atoms with van der Waals surface area (Å²) in [5, 5.41) is 11.0. The average Bonchev–Trinajstić information content (AvgIpc) is 3.01. The lowest BCUT2D eigenvalue weighted by Gasteiger charge is -2.13. The molecule has 1 heterocycles. The lowest BCUT2D eigenvalue weighted by Crippen LogP contribution is -2.19. The van der Waals surface area contributed by atoms with Crippen LogP contribution in [-0.4, -0.2) is 48.8 Å². The molecule has 8 nitrogen and oxygen atoms in total. The number of halogens is 1. The predicted molar refractivity (Wildman–Crippen MR) is 103 cm³/mol. The number of carbonyl (C=O) groups excluding carboxylic acids is 2. The van der Waals surface area contributed by atoms with Crippen molar-refractivity contribution in [3.05, 3.63) is 22.2 Å². The van der Waals surface area contributed by atoms with E-state index in [1.165, 1.54) is 18.0 Å². The van der Waals surface area contributed by atoms with Gasteiger partial charge in [0.2, 0.25) is 5.91 Å². The molecule has 1 aromatic carbocycles. The molecule has 10 heteroatoms. The molecule has 1 aromatic rings. The minimum Gasteiger partial charge on any atom is -0.490 e. The molecule has 1 aliphatic rings. The second-order valence-electron chi connectivity index (χ2n) is 4.83. The van der Waals surface area contributed by atoms with Crippen LogP contribution in [0.4, 0.5) is 0 Å². The summed E-state index contributed by atoms with van der Waals surface area (Å²) in [5.41, 5.74) is 0.704. The van der Waals surface area contributed by atoms with Crippen LogP contribution in [0.2, 0.25) is 0 Å². The first-order valence-electron chi connectivity index (χ1n) is 7.81. The van der Waals surface area contributed by atoms with Crippen LogP contribution in [0.25, 0.3) is 0 Å². The Labute approximate surface area is 163 Å². The number of amides is 1. The minimum atomic E-state index is -0.455. The largest absolute Gasteiger partial charge is 0.490 e. The van der Waals surface area contributed by atoms with E-state index >= 15 is 0 Å². The van der Waals surface area contributed by atoms with Gasteiger partial charge in [0.1, 0.15) is 0 Å². The molecule has 0 bridgehead atoms. The molecule has 1 saturated heterocycles. The lowest BCUT2D eigenvalue weighted by atomic mass is 10.2. The van der Waals surface area contributed by atoms with Crippen molar-refractivity contribution in [3.8, 4) is 11.5 Å². The second kappa shape index (κ2) is 10.2. The van der Waals surface area contributed by atoms with E-state index in [0.717, 1.165) is 0 Å². The Morgan fingerprint density at radius 1 is 1.31 bits per heavy atom. The minimum absolute atomic E-state index is 0.0909. The maximum absolute atomic E-state index is 11.5. The lowest BCUT2D eigenvalue weighted by molar-refractivity contribution is -0.145. The van der Waals surface area contributed by atoms with E-state index in [4.69, 9.17) is 14.2 Å². The zero-order valence-corrected chi connectivity index (χ0v) is 16.7. The monoisotopic (exact) mass is 443 g/mol. The molecule has 1 N–H and O–H groups in total. The number of ether oxygens (including phenoxy) is 3. The molecule has 0 aromatic heterocycles. The zero-order valence-electron chi connectivity index (χ0n) is 14.3. The summed E-state index contributed by atoms with van der Waals surface area (Å²) in [6.07, 6.45) is 1.53. The topological polar surface area (TPSA) is 98.6 Å². The number of nitrogens with one attached hydrogen (secondary N) is 1. The summed E-state index contributed by atoms with van der Waals surface area (Å²) >= 11 is 4.72. The first-order valence-corrected chi connectivity index (χ1v) is 9.59. The molecule has 1 amide bonds. The third-order valence-corrected chi connectivity index (χ3v) is 4.50. The highest BCUT2D eigenvalue weighted by Gasteiger charge is 2.16. The average molecular weight is 444 g/mol. The predicted octanol–water partition coefficient (Wildman–Crippen LogP) is 2.34. The third-order valence-electron chi connectivity index (χ3n) is 2.95. The smallest absolute Gasteiger partial charge is 0.344 e. The zero-order chi connectivity index (χ0) is 18.9. The molecule has 1 fully saturated rings. The summed E-state index contributed by atoms with van der Waals surface area (Å²) in [6.45, 7) is 4.09. The van der Waals surface area contributed by atoms with Gasteiger partial charge in [-0.2, -0.15) is 5.10 Å². The van der Waals surface area contributed by atoms with Gasteiger partial charge in [0.15, 0.2) is 23.3 Å². The van der Waals surface area contributed by atoms with Gasteiger partial charge < -0.3 is 19.5 Å². The van der Waals surface area contributed by atoms with Gasteiger partial charge in [-0.3, -0.25) is 4.79 Å². The summed E-state index contributed by atoms with van der Waals surface area (Å²) in [5.74, 6) is 0.681. The Morgan fingerprint density at radius 3 is 2.73 bits per heavy atom. The quantitative estimate of drug-likeness (QED) is 0.376. The van der Waals surface area contributed by atoms with Crippen molar-refractivity contribution in [2.75, 3.05) is 25.6 Å². The molecule has 0 atom stereocenters. The van der Waals surface area contributed by atoms with Gasteiger partial charge in [-0.25, -0.2) is 4.79 Å². The highest BCUT2D eigenvalue weighted by molar-refractivity contribution is 9.10. The van der Waals surface area contributed by atoms with E-state index in [9.17, 15) is 9.59 Å². The fourth-order valence-electron chi connectivity index (χ4n) is 1.89. The van der Waals surface area contributed by atoms with E-state index in [0.29, 0.717) is 45.7 Å². The first-order chi connectivity index (χ1) is 12.5. The molecule has 0 unspecified atom stereocenters. The number of amidine groups is 1. The number of nitrogens with zero attached hydrogens (tertiary/aromatic N) is 2. The molecule has 26 heavy (non-hydrogen) atoms. The SMILES string of the molecule is CCOC(=O)COc1cc(Br)c(C=NN=C2NC(=O)CS2)cc1OCC. The van der Waals surface area contributed by atoms with Crippen molar-refractivity contribution in [3.63, 3.8) is 0 Å². The molecule has 0 saturated carbocycles. The van der Waals surface area contributed by atoms with Crippen LogP contribution in [0, 0.1) is 0 Å². The number of hydrogen-bond donors (Lipinski definition) is 1. The van der Waals surface area contributed by atoms with E-state index < -0.39 is 5.97 Å². The number of thioether (sulfide) groups is 1. The van der Waals surface area contributed by atoms with Crippen LogP contribution in [-0.2, 0) is 14.3 Å². The van der Waals surface area contributed by atoms with Gasteiger partial charge in [-0.15, -0.1) is 5.10 Å². The van der Waals surface area contributed by atoms with Gasteiger partial charge in [0.05, 0.1) is 25.2 Å². The number of hydrogen-bond acceptors (Lipinski definition) is 8. The first kappa shape index (κ1) is 20.2. The molecular formula is C16H18BrN3O5S. The number of esters is 1. The van der Waals surface area contributed by atoms with E-state index in [1.54, 1.807) is 19.1 Å². The van der Waals surface area contributed by atoms with Gasteiger partial charge in [0.25, 0.3) is 0 Å². The fraction of sp³-hybridized carbons (Fsp3) is 0.375. The van der Waals surface area contributed by atoms with Crippen molar-refractivity contribution in [2.45, 2.75) is 13.8 Å². The van der Waals surface area contributed by atoms with Crippen LogP contribution in [0.1, 0.15) is 19.4 Å². The molecule has 140 valence electrons. The van der Waals surface area contributed by atoms with E-state index in [-0.39, 0.29) is 12.5 Å². The van der Waals surface area contributed by atoms with Crippen molar-refractivity contribution in [2.24, 2.45) is 10.2 Å². The van der Waals surface area contributed by atoms with Crippen LogP contribution < -0.4 is 14.8 Å². The van der Waals surface area contributed by atoms with Crippen LogP contribution in [0.5, 0.6) is 11.5 Å². The maximum atomic E-state index is 11.5. The van der Waals surface area contributed by atoms with Crippen molar-refractivity contribution >= 4 is 51.0 Å². The molecule has 0 spiro atoms. The summed E-state index contributed by atoms with van der Waals surface area (Å²) in [6, 6.07) is 3.41. The molecule has 0 aliphatic carbocycles. The Kier molecular flexibility index (Phi) is 7.92. The van der Waals surface area contributed by atoms with Gasteiger partial charge in [-0.1, -0.05) is 11.8 Å². The Morgan fingerprint density at radius 2 is 2.08 bits per heavy atom. The van der Waals surface area contributed by atoms with Crippen LogP contribution >= 0.6 is 27.7 Å². The van der Waals surface area contributed by atoms with Gasteiger partial charge in [0, 0.05) is 10.0 Å². The molecular weight excluding hydrogens is 426 g/mol. The summed E-state index contributed by atoms with van der Waals surface area (Å²) in [4.78, 5) is 22.6. The third kappa shape index (κ3) is 6.03. The molecule has 1 aliphatic heterocycles. The van der Waals surface area contributed by atoms with Gasteiger partial charge >= 0.3 is 5.97 Å². The number of carbonyl (C=O) groups is 2. The van der Waals surface area contributed by atoms with Crippen molar-refractivity contribution < 1.29 is 23.8 Å².